The topological polar surface area (TPSA) is 79.2 Å². The average molecular weight is 312 g/mol. The third kappa shape index (κ3) is 5.03. The Morgan fingerprint density at radius 3 is 2.13 bits per heavy atom. The third-order valence-electron chi connectivity index (χ3n) is 3.08. The van der Waals surface area contributed by atoms with Crippen LogP contribution in [-0.4, -0.2) is 17.6 Å². The van der Waals surface area contributed by atoms with Crippen LogP contribution >= 0.6 is 0 Å². The highest BCUT2D eigenvalue weighted by molar-refractivity contribution is 5.93. The number of rotatable bonds is 5. The summed E-state index contributed by atoms with van der Waals surface area (Å²) in [6.07, 6.45) is 3.37. The zero-order valence-corrected chi connectivity index (χ0v) is 13.0. The molecule has 0 atom stereocenters. The van der Waals surface area contributed by atoms with Gasteiger partial charge < -0.3 is 10.6 Å². The molecule has 6 heteroatoms. The molecule has 1 aromatic carbocycles. The summed E-state index contributed by atoms with van der Waals surface area (Å²) in [5.41, 5.74) is 1.85. The van der Waals surface area contributed by atoms with Gasteiger partial charge in [-0.15, -0.1) is 0 Å². The number of carbonyl (C=O) groups is 3. The summed E-state index contributed by atoms with van der Waals surface area (Å²) in [7, 11) is 0. The van der Waals surface area contributed by atoms with Crippen molar-refractivity contribution in [3.8, 4) is 0 Å². The Morgan fingerprint density at radius 1 is 0.957 bits per heavy atom. The van der Waals surface area contributed by atoms with Crippen LogP contribution in [0.3, 0.4) is 0 Å². The van der Waals surface area contributed by atoms with Crippen molar-refractivity contribution in [2.45, 2.75) is 20.4 Å². The van der Waals surface area contributed by atoms with Crippen LogP contribution in [0.1, 0.15) is 24.2 Å². The van der Waals surface area contributed by atoms with Gasteiger partial charge in [-0.25, -0.2) is 0 Å². The van der Waals surface area contributed by atoms with Gasteiger partial charge in [-0.3, -0.25) is 14.4 Å². The van der Waals surface area contributed by atoms with Crippen molar-refractivity contribution in [3.63, 3.8) is 0 Å². The Hall–Kier alpha value is -3.02. The van der Waals surface area contributed by atoms with E-state index in [9.17, 15) is 14.4 Å². The van der Waals surface area contributed by atoms with Gasteiger partial charge in [0.25, 0.3) is 5.91 Å². The number of nitrogens with zero attached hydrogens (tertiary/aromatic N) is 1. The van der Waals surface area contributed by atoms with E-state index in [0.717, 1.165) is 0 Å². The number of aromatic nitrogens is 1. The van der Waals surface area contributed by atoms with Crippen LogP contribution in [0.25, 0.3) is 0 Å². The Balaban J connectivity index is 1.98. The van der Waals surface area contributed by atoms with Gasteiger partial charge in [0.1, 0.15) is 0 Å². The molecule has 118 valence electrons. The van der Waals surface area contributed by atoms with Crippen molar-refractivity contribution in [1.82, 2.24) is 0 Å². The molecule has 0 saturated carbocycles. The molecule has 0 aliphatic heterocycles. The fourth-order valence-electron chi connectivity index (χ4n) is 2.04. The smallest absolute Gasteiger partial charge is 0.290 e. The summed E-state index contributed by atoms with van der Waals surface area (Å²) in [5.74, 6) is -0.403. The molecule has 0 spiro atoms. The van der Waals surface area contributed by atoms with Gasteiger partial charge in [0, 0.05) is 24.4 Å². The lowest BCUT2D eigenvalue weighted by molar-refractivity contribution is -0.684. The first-order valence-corrected chi connectivity index (χ1v) is 7.11. The maximum absolute atomic E-state index is 12.0. The van der Waals surface area contributed by atoms with Gasteiger partial charge in [-0.05, 0) is 37.3 Å². The number of pyridine rings is 1. The summed E-state index contributed by atoms with van der Waals surface area (Å²) in [4.78, 5) is 34.3. The van der Waals surface area contributed by atoms with Gasteiger partial charge in [0.05, 0.1) is 5.56 Å². The molecule has 0 bridgehead atoms. The van der Waals surface area contributed by atoms with E-state index in [4.69, 9.17) is 0 Å². The fraction of sp³-hybridized carbons (Fsp3) is 0.176. The molecule has 1 heterocycles. The zero-order valence-electron chi connectivity index (χ0n) is 13.0. The number of ketones is 1. The monoisotopic (exact) mass is 312 g/mol. The van der Waals surface area contributed by atoms with Crippen molar-refractivity contribution in [3.05, 3.63) is 54.4 Å². The molecule has 23 heavy (non-hydrogen) atoms. The summed E-state index contributed by atoms with van der Waals surface area (Å²) < 4.78 is 1.65. The largest absolute Gasteiger partial charge is 0.326 e. The maximum atomic E-state index is 12.0. The summed E-state index contributed by atoms with van der Waals surface area (Å²) in [6.45, 7) is 3.02. The van der Waals surface area contributed by atoms with E-state index < -0.39 is 0 Å². The first kappa shape index (κ1) is 16.4. The maximum Gasteiger partial charge on any atom is 0.290 e. The number of amides is 2. The molecule has 0 radical (unpaired) electrons. The Labute approximate surface area is 134 Å². The standard InChI is InChI=1S/C17H17N3O3/c1-12(21)14-4-3-9-20(10-14)11-17(23)19-16-7-5-15(6-8-16)18-13(2)22/h3-10H,11H2,1-2H3,(H-,18,19,22,23)/p+1. The van der Waals surface area contributed by atoms with E-state index in [0.29, 0.717) is 16.9 Å². The van der Waals surface area contributed by atoms with Gasteiger partial charge in [-0.1, -0.05) is 0 Å². The quantitative estimate of drug-likeness (QED) is 0.652. The summed E-state index contributed by atoms with van der Waals surface area (Å²) in [5, 5.41) is 5.42. The average Bonchev–Trinajstić information content (AvgIpc) is 2.49. The number of hydrogen-bond donors (Lipinski definition) is 2. The number of anilines is 2. The van der Waals surface area contributed by atoms with Crippen LogP contribution in [-0.2, 0) is 16.1 Å². The lowest BCUT2D eigenvalue weighted by Crippen LogP contribution is -2.40. The summed E-state index contributed by atoms with van der Waals surface area (Å²) >= 11 is 0. The first-order valence-electron chi connectivity index (χ1n) is 7.11. The minimum Gasteiger partial charge on any atom is -0.326 e. The molecule has 2 rings (SSSR count). The van der Waals surface area contributed by atoms with Crippen LogP contribution in [0, 0.1) is 0 Å². The number of carbonyl (C=O) groups excluding carboxylic acids is 3. The Morgan fingerprint density at radius 2 is 1.57 bits per heavy atom. The highest BCUT2D eigenvalue weighted by Crippen LogP contribution is 2.13. The SMILES string of the molecule is CC(=O)Nc1ccc(NC(=O)C[n+]2cccc(C(C)=O)c2)cc1. The van der Waals surface area contributed by atoms with Crippen molar-refractivity contribution < 1.29 is 19.0 Å². The second-order valence-electron chi connectivity index (χ2n) is 5.13. The molecule has 0 aliphatic rings. The number of hydrogen-bond acceptors (Lipinski definition) is 3. The molecule has 0 aliphatic carbocycles. The molecular weight excluding hydrogens is 294 g/mol. The molecule has 1 aromatic heterocycles. The van der Waals surface area contributed by atoms with Crippen LogP contribution in [0.15, 0.2) is 48.8 Å². The van der Waals surface area contributed by atoms with E-state index >= 15 is 0 Å². The molecule has 0 fully saturated rings. The van der Waals surface area contributed by atoms with Crippen LogP contribution in [0.4, 0.5) is 11.4 Å². The van der Waals surface area contributed by atoms with Crippen molar-refractivity contribution >= 4 is 29.0 Å². The van der Waals surface area contributed by atoms with E-state index in [1.165, 1.54) is 13.8 Å². The van der Waals surface area contributed by atoms with Crippen molar-refractivity contribution in [1.29, 1.82) is 0 Å². The number of Topliss-reactive ketones (excluding diaryl/α,β-unsaturated/α-hetero) is 1. The van der Waals surface area contributed by atoms with Crippen LogP contribution in [0.5, 0.6) is 0 Å². The second-order valence-corrected chi connectivity index (χ2v) is 5.13. The van der Waals surface area contributed by atoms with Crippen molar-refractivity contribution in [2.75, 3.05) is 10.6 Å². The third-order valence-corrected chi connectivity index (χ3v) is 3.08. The molecular formula is C17H18N3O3+. The molecule has 0 unspecified atom stereocenters. The lowest BCUT2D eigenvalue weighted by atomic mass is 10.2. The number of benzene rings is 1. The van der Waals surface area contributed by atoms with Crippen molar-refractivity contribution in [2.24, 2.45) is 0 Å². The highest BCUT2D eigenvalue weighted by Gasteiger charge is 2.12. The van der Waals surface area contributed by atoms with Gasteiger partial charge in [0.15, 0.2) is 18.2 Å². The highest BCUT2D eigenvalue weighted by atomic mass is 16.2. The van der Waals surface area contributed by atoms with Gasteiger partial charge in [-0.2, -0.15) is 4.57 Å². The molecule has 2 aromatic rings. The molecule has 0 saturated heterocycles. The minimum atomic E-state index is -0.206. The van der Waals surface area contributed by atoms with E-state index in [1.54, 1.807) is 53.4 Å². The normalized spacial score (nSPS) is 10.0. The molecule has 2 amide bonds. The summed E-state index contributed by atoms with van der Waals surface area (Å²) in [6, 6.07) is 10.3. The Kier molecular flexibility index (Phi) is 5.19. The van der Waals surface area contributed by atoms with Crippen LogP contribution < -0.4 is 15.2 Å². The minimum absolute atomic E-state index is 0.0479. The first-order chi connectivity index (χ1) is 10.9. The molecule has 6 nitrogen and oxygen atoms in total. The predicted octanol–water partition coefficient (Wildman–Crippen LogP) is 1.77. The zero-order chi connectivity index (χ0) is 16.8. The Bertz CT molecular complexity index is 739. The second kappa shape index (κ2) is 7.31. The number of nitrogens with one attached hydrogen (secondary N) is 2. The van der Waals surface area contributed by atoms with Crippen LogP contribution in [0.2, 0.25) is 0 Å². The van der Waals surface area contributed by atoms with Gasteiger partial charge >= 0.3 is 0 Å². The fourth-order valence-corrected chi connectivity index (χ4v) is 2.04. The molecule has 2 N–H and O–H groups in total. The predicted molar refractivity (Wildman–Crippen MR) is 86.0 cm³/mol. The van der Waals surface area contributed by atoms with Gasteiger partial charge in [0.2, 0.25) is 12.5 Å². The lowest BCUT2D eigenvalue weighted by Gasteiger charge is -2.06. The van der Waals surface area contributed by atoms with E-state index in [1.807, 2.05) is 0 Å². The van der Waals surface area contributed by atoms with E-state index in [2.05, 4.69) is 10.6 Å². The van der Waals surface area contributed by atoms with E-state index in [-0.39, 0.29) is 24.1 Å².